The molecule has 0 spiro atoms. The molecule has 0 bridgehead atoms. The number of aliphatic carboxylic acids is 1. The van der Waals surface area contributed by atoms with Gasteiger partial charge in [0.15, 0.2) is 0 Å². The molecule has 0 saturated carbocycles. The molecule has 0 aliphatic rings. The van der Waals surface area contributed by atoms with Gasteiger partial charge in [-0.3, -0.25) is 0 Å². The van der Waals surface area contributed by atoms with Gasteiger partial charge in [-0.2, -0.15) is 0 Å². The molecular formula is C10H14N2O2S. The van der Waals surface area contributed by atoms with Crippen LogP contribution in [0.15, 0.2) is 12.3 Å². The number of hydrogen-bond donors (Lipinski definition) is 1. The zero-order chi connectivity index (χ0) is 11.3. The standard InChI is InChI=1S/C10H14N2O2S/c1-12(2)6-5-9-11-7-8(15-9)3-4-10(13)14/h3-4,7H,5-6H2,1-2H3,(H,13,14)/b4-3+. The second-order valence-electron chi connectivity index (χ2n) is 3.38. The smallest absolute Gasteiger partial charge is 0.328 e. The van der Waals surface area contributed by atoms with Crippen molar-refractivity contribution in [3.63, 3.8) is 0 Å². The van der Waals surface area contributed by atoms with Crippen molar-refractivity contribution in [2.24, 2.45) is 0 Å². The van der Waals surface area contributed by atoms with Gasteiger partial charge in [-0.15, -0.1) is 11.3 Å². The molecule has 1 aromatic rings. The van der Waals surface area contributed by atoms with E-state index >= 15 is 0 Å². The van der Waals surface area contributed by atoms with Crippen molar-refractivity contribution in [2.45, 2.75) is 6.42 Å². The van der Waals surface area contributed by atoms with Gasteiger partial charge in [-0.1, -0.05) is 0 Å². The van der Waals surface area contributed by atoms with Crippen molar-refractivity contribution < 1.29 is 9.90 Å². The largest absolute Gasteiger partial charge is 0.478 e. The maximum Gasteiger partial charge on any atom is 0.328 e. The Morgan fingerprint density at radius 2 is 2.40 bits per heavy atom. The first kappa shape index (κ1) is 11.9. The van der Waals surface area contributed by atoms with Crippen LogP contribution in [0.4, 0.5) is 0 Å². The van der Waals surface area contributed by atoms with E-state index in [9.17, 15) is 4.79 Å². The SMILES string of the molecule is CN(C)CCc1ncc(/C=C/C(=O)O)s1. The van der Waals surface area contributed by atoms with E-state index in [-0.39, 0.29) is 0 Å². The Morgan fingerprint density at radius 1 is 1.67 bits per heavy atom. The maximum atomic E-state index is 10.3. The van der Waals surface area contributed by atoms with E-state index in [1.165, 1.54) is 11.3 Å². The predicted molar refractivity (Wildman–Crippen MR) is 61.0 cm³/mol. The fourth-order valence-corrected chi connectivity index (χ4v) is 1.80. The number of nitrogens with zero attached hydrogens (tertiary/aromatic N) is 2. The van der Waals surface area contributed by atoms with Crippen LogP contribution < -0.4 is 0 Å². The third-order valence-corrected chi connectivity index (χ3v) is 2.76. The Balaban J connectivity index is 2.52. The fourth-order valence-electron chi connectivity index (χ4n) is 0.990. The average molecular weight is 226 g/mol. The van der Waals surface area contributed by atoms with Gasteiger partial charge >= 0.3 is 5.97 Å². The molecule has 5 heteroatoms. The molecule has 15 heavy (non-hydrogen) atoms. The summed E-state index contributed by atoms with van der Waals surface area (Å²) in [6.45, 7) is 0.954. The number of carboxylic acids is 1. The van der Waals surface area contributed by atoms with Gasteiger partial charge in [-0.05, 0) is 20.2 Å². The second kappa shape index (κ2) is 5.63. The van der Waals surface area contributed by atoms with Crippen LogP contribution in [0.25, 0.3) is 6.08 Å². The lowest BCUT2D eigenvalue weighted by atomic mass is 10.4. The van der Waals surface area contributed by atoms with Crippen LogP contribution >= 0.6 is 11.3 Å². The molecule has 1 rings (SSSR count). The van der Waals surface area contributed by atoms with Crippen LogP contribution in [0.3, 0.4) is 0 Å². The summed E-state index contributed by atoms with van der Waals surface area (Å²) in [5.74, 6) is -0.932. The van der Waals surface area contributed by atoms with E-state index in [4.69, 9.17) is 5.11 Å². The van der Waals surface area contributed by atoms with E-state index in [0.29, 0.717) is 0 Å². The van der Waals surface area contributed by atoms with Crippen LogP contribution in [-0.2, 0) is 11.2 Å². The van der Waals surface area contributed by atoms with Crippen LogP contribution in [0.1, 0.15) is 9.88 Å². The molecule has 0 aliphatic carbocycles. The van der Waals surface area contributed by atoms with Gasteiger partial charge < -0.3 is 10.0 Å². The molecule has 4 nitrogen and oxygen atoms in total. The summed E-state index contributed by atoms with van der Waals surface area (Å²) in [5.41, 5.74) is 0. The molecule has 0 radical (unpaired) electrons. The molecule has 0 saturated heterocycles. The minimum Gasteiger partial charge on any atom is -0.478 e. The zero-order valence-corrected chi connectivity index (χ0v) is 9.62. The lowest BCUT2D eigenvalue weighted by Gasteiger charge is -2.06. The lowest BCUT2D eigenvalue weighted by Crippen LogP contribution is -2.14. The van der Waals surface area contributed by atoms with Crippen molar-refractivity contribution in [1.29, 1.82) is 0 Å². The monoisotopic (exact) mass is 226 g/mol. The van der Waals surface area contributed by atoms with E-state index < -0.39 is 5.97 Å². The number of hydrogen-bond acceptors (Lipinski definition) is 4. The van der Waals surface area contributed by atoms with Crippen LogP contribution in [0.5, 0.6) is 0 Å². The van der Waals surface area contributed by atoms with E-state index in [1.54, 1.807) is 12.3 Å². The molecular weight excluding hydrogens is 212 g/mol. The second-order valence-corrected chi connectivity index (χ2v) is 4.53. The van der Waals surface area contributed by atoms with Crippen LogP contribution in [-0.4, -0.2) is 41.6 Å². The number of likely N-dealkylation sites (N-methyl/N-ethyl adjacent to an activating group) is 1. The molecule has 0 aromatic carbocycles. The predicted octanol–water partition coefficient (Wildman–Crippen LogP) is 1.35. The van der Waals surface area contributed by atoms with Gasteiger partial charge in [0.1, 0.15) is 0 Å². The molecule has 1 heterocycles. The molecule has 1 N–H and O–H groups in total. The highest BCUT2D eigenvalue weighted by atomic mass is 32.1. The molecule has 1 aromatic heterocycles. The molecule has 0 atom stereocenters. The Labute approximate surface area is 92.9 Å². The Bertz CT molecular complexity index is 358. The van der Waals surface area contributed by atoms with Crippen LogP contribution in [0.2, 0.25) is 0 Å². The highest BCUT2D eigenvalue weighted by molar-refractivity contribution is 7.12. The minimum absolute atomic E-state index is 0.881. The maximum absolute atomic E-state index is 10.3. The number of thiazole rings is 1. The Kier molecular flexibility index (Phi) is 4.45. The third kappa shape index (κ3) is 4.71. The van der Waals surface area contributed by atoms with Crippen molar-refractivity contribution in [3.8, 4) is 0 Å². The average Bonchev–Trinajstić information content (AvgIpc) is 2.59. The third-order valence-electron chi connectivity index (χ3n) is 1.73. The van der Waals surface area contributed by atoms with Gasteiger partial charge in [-0.25, -0.2) is 9.78 Å². The van der Waals surface area contributed by atoms with Crippen LogP contribution in [0, 0.1) is 0 Å². The van der Waals surface area contributed by atoms with E-state index in [1.807, 2.05) is 14.1 Å². The van der Waals surface area contributed by atoms with E-state index in [0.717, 1.165) is 28.9 Å². The van der Waals surface area contributed by atoms with Gasteiger partial charge in [0.25, 0.3) is 0 Å². The topological polar surface area (TPSA) is 53.4 Å². The summed E-state index contributed by atoms with van der Waals surface area (Å²) in [7, 11) is 4.03. The number of carbonyl (C=O) groups is 1. The summed E-state index contributed by atoms with van der Waals surface area (Å²) in [5, 5.41) is 9.48. The normalized spacial score (nSPS) is 11.4. The number of aromatic nitrogens is 1. The minimum atomic E-state index is -0.932. The molecule has 0 aliphatic heterocycles. The first-order valence-electron chi connectivity index (χ1n) is 4.58. The van der Waals surface area contributed by atoms with Crippen molar-refractivity contribution >= 4 is 23.4 Å². The molecule has 0 fully saturated rings. The Hall–Kier alpha value is -1.20. The van der Waals surface area contributed by atoms with E-state index in [2.05, 4.69) is 9.88 Å². The summed E-state index contributed by atoms with van der Waals surface area (Å²) >= 11 is 1.53. The van der Waals surface area contributed by atoms with Gasteiger partial charge in [0, 0.05) is 30.1 Å². The first-order chi connectivity index (χ1) is 7.08. The van der Waals surface area contributed by atoms with Crippen molar-refractivity contribution in [1.82, 2.24) is 9.88 Å². The first-order valence-corrected chi connectivity index (χ1v) is 5.40. The van der Waals surface area contributed by atoms with Gasteiger partial charge in [0.2, 0.25) is 0 Å². The molecule has 82 valence electrons. The van der Waals surface area contributed by atoms with Crippen molar-refractivity contribution in [3.05, 3.63) is 22.2 Å². The summed E-state index contributed by atoms with van der Waals surface area (Å²) in [6, 6.07) is 0. The Morgan fingerprint density at radius 3 is 3.00 bits per heavy atom. The number of rotatable bonds is 5. The highest BCUT2D eigenvalue weighted by Gasteiger charge is 2.00. The van der Waals surface area contributed by atoms with Crippen molar-refractivity contribution in [2.75, 3.05) is 20.6 Å². The lowest BCUT2D eigenvalue weighted by molar-refractivity contribution is -0.131. The molecule has 0 unspecified atom stereocenters. The fraction of sp³-hybridized carbons (Fsp3) is 0.400. The summed E-state index contributed by atoms with van der Waals surface area (Å²) < 4.78 is 0. The quantitative estimate of drug-likeness (QED) is 0.770. The number of carboxylic acid groups (broad SMARTS) is 1. The highest BCUT2D eigenvalue weighted by Crippen LogP contribution is 2.15. The summed E-state index contributed by atoms with van der Waals surface area (Å²) in [6.07, 6.45) is 5.30. The molecule has 0 amide bonds. The van der Waals surface area contributed by atoms with Gasteiger partial charge in [0.05, 0.1) is 5.01 Å². The zero-order valence-electron chi connectivity index (χ0n) is 8.80. The summed E-state index contributed by atoms with van der Waals surface area (Å²) in [4.78, 5) is 17.5.